The maximum Gasteiger partial charge on any atom is 0.315 e. The average molecular weight is 298 g/mol. The summed E-state index contributed by atoms with van der Waals surface area (Å²) in [6.07, 6.45) is 3.49. The van der Waals surface area contributed by atoms with Gasteiger partial charge in [0.1, 0.15) is 0 Å². The summed E-state index contributed by atoms with van der Waals surface area (Å²) in [5.41, 5.74) is 4.07. The molecule has 1 heterocycles. The molecular formula is C17H22N4O. The van der Waals surface area contributed by atoms with Crippen molar-refractivity contribution in [1.29, 1.82) is 0 Å². The van der Waals surface area contributed by atoms with E-state index >= 15 is 0 Å². The quantitative estimate of drug-likeness (QED) is 0.793. The standard InChI is InChI=1S/C17H22N4O/c1-12(2)20-17(22)19-11-14-10-18-8-7-16(14)21-15-6-4-5-13(3)9-15/h4-10,12H,11H2,1-3H3,(H,18,21)(H2,19,20,22). The van der Waals surface area contributed by atoms with Crippen molar-refractivity contribution in [3.63, 3.8) is 0 Å². The van der Waals surface area contributed by atoms with Gasteiger partial charge < -0.3 is 16.0 Å². The topological polar surface area (TPSA) is 66.0 Å². The molecule has 22 heavy (non-hydrogen) atoms. The molecule has 5 heteroatoms. The van der Waals surface area contributed by atoms with Gasteiger partial charge in [-0.15, -0.1) is 0 Å². The van der Waals surface area contributed by atoms with Crippen LogP contribution in [0.25, 0.3) is 0 Å². The third-order valence-corrected chi connectivity index (χ3v) is 3.06. The number of hydrogen-bond donors (Lipinski definition) is 3. The van der Waals surface area contributed by atoms with Crippen molar-refractivity contribution in [2.75, 3.05) is 5.32 Å². The first-order valence-corrected chi connectivity index (χ1v) is 7.35. The summed E-state index contributed by atoms with van der Waals surface area (Å²) in [6.45, 7) is 6.32. The van der Waals surface area contributed by atoms with Crippen LogP contribution in [0.5, 0.6) is 0 Å². The molecule has 0 aliphatic carbocycles. The highest BCUT2D eigenvalue weighted by Crippen LogP contribution is 2.20. The van der Waals surface area contributed by atoms with E-state index in [0.717, 1.165) is 16.9 Å². The second-order valence-electron chi connectivity index (χ2n) is 5.51. The molecule has 0 radical (unpaired) electrons. The van der Waals surface area contributed by atoms with Crippen molar-refractivity contribution in [2.24, 2.45) is 0 Å². The first-order valence-electron chi connectivity index (χ1n) is 7.35. The maximum absolute atomic E-state index is 11.7. The SMILES string of the molecule is Cc1cccc(Nc2ccncc2CNC(=O)NC(C)C)c1. The van der Waals surface area contributed by atoms with Gasteiger partial charge >= 0.3 is 6.03 Å². The highest BCUT2D eigenvalue weighted by atomic mass is 16.2. The second kappa shape index (κ2) is 7.45. The summed E-state index contributed by atoms with van der Waals surface area (Å²) in [5.74, 6) is 0. The van der Waals surface area contributed by atoms with Crippen LogP contribution >= 0.6 is 0 Å². The number of carbonyl (C=O) groups excluding carboxylic acids is 1. The molecule has 2 aromatic rings. The smallest absolute Gasteiger partial charge is 0.315 e. The van der Waals surface area contributed by atoms with Crippen molar-refractivity contribution in [2.45, 2.75) is 33.4 Å². The number of nitrogens with zero attached hydrogens (tertiary/aromatic N) is 1. The summed E-state index contributed by atoms with van der Waals surface area (Å²) in [6, 6.07) is 9.97. The number of benzene rings is 1. The van der Waals surface area contributed by atoms with Gasteiger partial charge in [-0.3, -0.25) is 4.98 Å². The summed E-state index contributed by atoms with van der Waals surface area (Å²) >= 11 is 0. The first-order chi connectivity index (χ1) is 10.5. The van der Waals surface area contributed by atoms with E-state index in [2.05, 4.69) is 40.0 Å². The minimum absolute atomic E-state index is 0.110. The fourth-order valence-corrected chi connectivity index (χ4v) is 2.06. The predicted octanol–water partition coefficient (Wildman–Crippen LogP) is 3.34. The number of aromatic nitrogens is 1. The van der Waals surface area contributed by atoms with Gasteiger partial charge in [0.2, 0.25) is 0 Å². The van der Waals surface area contributed by atoms with Crippen molar-refractivity contribution >= 4 is 17.4 Å². The largest absolute Gasteiger partial charge is 0.355 e. The van der Waals surface area contributed by atoms with Gasteiger partial charge in [0.05, 0.1) is 0 Å². The number of aryl methyl sites for hydroxylation is 1. The molecule has 0 bridgehead atoms. The Bertz CT molecular complexity index is 640. The van der Waals surface area contributed by atoms with Gasteiger partial charge in [-0.2, -0.15) is 0 Å². The van der Waals surface area contributed by atoms with Gasteiger partial charge in [-0.25, -0.2) is 4.79 Å². The number of rotatable bonds is 5. The zero-order valence-electron chi connectivity index (χ0n) is 13.2. The zero-order chi connectivity index (χ0) is 15.9. The van der Waals surface area contributed by atoms with E-state index in [-0.39, 0.29) is 12.1 Å². The summed E-state index contributed by atoms with van der Waals surface area (Å²) in [7, 11) is 0. The minimum atomic E-state index is -0.180. The molecule has 0 atom stereocenters. The summed E-state index contributed by atoms with van der Waals surface area (Å²) in [4.78, 5) is 15.8. The average Bonchev–Trinajstić information content (AvgIpc) is 2.46. The lowest BCUT2D eigenvalue weighted by molar-refractivity contribution is 0.238. The van der Waals surface area contributed by atoms with E-state index in [1.165, 1.54) is 5.56 Å². The molecule has 0 spiro atoms. The number of urea groups is 1. The Labute approximate surface area is 131 Å². The van der Waals surface area contributed by atoms with Crippen LogP contribution in [0.4, 0.5) is 16.2 Å². The molecule has 0 saturated carbocycles. The molecule has 0 aliphatic rings. The molecule has 116 valence electrons. The maximum atomic E-state index is 11.7. The highest BCUT2D eigenvalue weighted by Gasteiger charge is 2.06. The van der Waals surface area contributed by atoms with Crippen LogP contribution in [-0.2, 0) is 6.54 Å². The Hall–Kier alpha value is -2.56. The third kappa shape index (κ3) is 4.77. The van der Waals surface area contributed by atoms with Crippen LogP contribution < -0.4 is 16.0 Å². The van der Waals surface area contributed by atoms with Crippen molar-refractivity contribution in [3.8, 4) is 0 Å². The summed E-state index contributed by atoms with van der Waals surface area (Å²) in [5, 5.41) is 9.00. The van der Waals surface area contributed by atoms with Gasteiger partial charge in [0, 0.05) is 41.9 Å². The molecule has 2 rings (SSSR count). The normalized spacial score (nSPS) is 10.4. The first kappa shape index (κ1) is 15.8. The van der Waals surface area contributed by atoms with Crippen LogP contribution in [0, 0.1) is 6.92 Å². The van der Waals surface area contributed by atoms with E-state index in [1.807, 2.05) is 32.0 Å². The van der Waals surface area contributed by atoms with Crippen molar-refractivity contribution in [1.82, 2.24) is 15.6 Å². The van der Waals surface area contributed by atoms with Crippen molar-refractivity contribution in [3.05, 3.63) is 53.9 Å². The van der Waals surface area contributed by atoms with Gasteiger partial charge in [0.15, 0.2) is 0 Å². The van der Waals surface area contributed by atoms with Crippen LogP contribution in [0.3, 0.4) is 0 Å². The molecule has 2 amide bonds. The van der Waals surface area contributed by atoms with Gasteiger partial charge in [-0.1, -0.05) is 12.1 Å². The monoisotopic (exact) mass is 298 g/mol. The Kier molecular flexibility index (Phi) is 5.36. The van der Waals surface area contributed by atoms with Crippen LogP contribution in [0.15, 0.2) is 42.7 Å². The molecule has 5 nitrogen and oxygen atoms in total. The second-order valence-corrected chi connectivity index (χ2v) is 5.51. The van der Waals surface area contributed by atoms with E-state index in [1.54, 1.807) is 12.4 Å². The fourth-order valence-electron chi connectivity index (χ4n) is 2.06. The lowest BCUT2D eigenvalue weighted by Gasteiger charge is -2.14. The number of hydrogen-bond acceptors (Lipinski definition) is 3. The number of pyridine rings is 1. The molecule has 1 aromatic carbocycles. The van der Waals surface area contributed by atoms with E-state index in [0.29, 0.717) is 6.54 Å². The Morgan fingerprint density at radius 1 is 1.27 bits per heavy atom. The lowest BCUT2D eigenvalue weighted by atomic mass is 10.2. The molecule has 0 unspecified atom stereocenters. The Balaban J connectivity index is 2.05. The number of amides is 2. The highest BCUT2D eigenvalue weighted by molar-refractivity contribution is 5.74. The van der Waals surface area contributed by atoms with E-state index in [4.69, 9.17) is 0 Å². The fraction of sp³-hybridized carbons (Fsp3) is 0.294. The number of anilines is 2. The molecule has 0 aliphatic heterocycles. The Morgan fingerprint density at radius 3 is 2.82 bits per heavy atom. The van der Waals surface area contributed by atoms with Crippen molar-refractivity contribution < 1.29 is 4.79 Å². The molecule has 0 saturated heterocycles. The van der Waals surface area contributed by atoms with Gasteiger partial charge in [0.25, 0.3) is 0 Å². The van der Waals surface area contributed by atoms with E-state index in [9.17, 15) is 4.79 Å². The lowest BCUT2D eigenvalue weighted by Crippen LogP contribution is -2.39. The zero-order valence-corrected chi connectivity index (χ0v) is 13.2. The predicted molar refractivity (Wildman–Crippen MR) is 89.2 cm³/mol. The third-order valence-electron chi connectivity index (χ3n) is 3.06. The minimum Gasteiger partial charge on any atom is -0.355 e. The van der Waals surface area contributed by atoms with Gasteiger partial charge in [-0.05, 0) is 44.5 Å². The van der Waals surface area contributed by atoms with E-state index < -0.39 is 0 Å². The number of nitrogens with one attached hydrogen (secondary N) is 3. The van der Waals surface area contributed by atoms with Crippen LogP contribution in [-0.4, -0.2) is 17.1 Å². The Morgan fingerprint density at radius 2 is 2.09 bits per heavy atom. The molecule has 1 aromatic heterocycles. The van der Waals surface area contributed by atoms with Crippen LogP contribution in [0.1, 0.15) is 25.0 Å². The molecule has 0 fully saturated rings. The summed E-state index contributed by atoms with van der Waals surface area (Å²) < 4.78 is 0. The molecule has 3 N–H and O–H groups in total. The molecular weight excluding hydrogens is 276 g/mol. The number of carbonyl (C=O) groups is 1. The van der Waals surface area contributed by atoms with Crippen LogP contribution in [0.2, 0.25) is 0 Å².